The van der Waals surface area contributed by atoms with E-state index in [9.17, 15) is 0 Å². The van der Waals surface area contributed by atoms with Crippen molar-refractivity contribution >= 4 is 11.7 Å². The standard InChI is InChI=1S/C9H14N6S/c1-2-5-15-8(3-4-11-15)9(13-10)7-6-12-16-14-7/h3-4,6,9,13H,2,5,10H2,1H3. The van der Waals surface area contributed by atoms with Gasteiger partial charge in [0.05, 0.1) is 29.3 Å². The smallest absolute Gasteiger partial charge is 0.108 e. The lowest BCUT2D eigenvalue weighted by Crippen LogP contribution is -2.31. The van der Waals surface area contributed by atoms with Gasteiger partial charge in [-0.25, -0.2) is 5.43 Å². The number of aryl methyl sites for hydroxylation is 1. The number of nitrogens with one attached hydrogen (secondary N) is 1. The van der Waals surface area contributed by atoms with Crippen molar-refractivity contribution in [1.29, 1.82) is 0 Å². The van der Waals surface area contributed by atoms with E-state index in [2.05, 4.69) is 26.2 Å². The zero-order chi connectivity index (χ0) is 11.4. The lowest BCUT2D eigenvalue weighted by molar-refractivity contribution is 0.516. The molecule has 0 fully saturated rings. The molecule has 86 valence electrons. The zero-order valence-electron chi connectivity index (χ0n) is 9.00. The second-order valence-electron chi connectivity index (χ2n) is 3.41. The third kappa shape index (κ3) is 2.11. The monoisotopic (exact) mass is 238 g/mol. The van der Waals surface area contributed by atoms with Crippen LogP contribution in [-0.4, -0.2) is 18.5 Å². The maximum atomic E-state index is 5.57. The minimum atomic E-state index is -0.146. The first kappa shape index (κ1) is 11.2. The summed E-state index contributed by atoms with van der Waals surface area (Å²) in [6.45, 7) is 2.98. The molecule has 0 amide bonds. The molecule has 2 rings (SSSR count). The van der Waals surface area contributed by atoms with Gasteiger partial charge in [0.2, 0.25) is 0 Å². The Hall–Kier alpha value is -1.31. The SMILES string of the molecule is CCCn1nccc1C(NN)c1cnsn1. The van der Waals surface area contributed by atoms with Crippen LogP contribution in [0.3, 0.4) is 0 Å². The van der Waals surface area contributed by atoms with Crippen LogP contribution in [0.15, 0.2) is 18.5 Å². The highest BCUT2D eigenvalue weighted by molar-refractivity contribution is 6.99. The minimum Gasteiger partial charge on any atom is -0.270 e. The van der Waals surface area contributed by atoms with Crippen LogP contribution in [0.25, 0.3) is 0 Å². The fraction of sp³-hybridized carbons (Fsp3) is 0.444. The summed E-state index contributed by atoms with van der Waals surface area (Å²) in [6, 6.07) is 1.80. The first-order valence-electron chi connectivity index (χ1n) is 5.12. The highest BCUT2D eigenvalue weighted by Crippen LogP contribution is 2.19. The van der Waals surface area contributed by atoms with E-state index >= 15 is 0 Å². The number of hydrazine groups is 1. The number of nitrogens with two attached hydrogens (primary N) is 1. The molecule has 2 heterocycles. The van der Waals surface area contributed by atoms with Gasteiger partial charge in [-0.1, -0.05) is 6.92 Å². The molecule has 2 aromatic rings. The predicted octanol–water partition coefficient (Wildman–Crippen LogP) is 0.697. The third-order valence-electron chi connectivity index (χ3n) is 2.32. The quantitative estimate of drug-likeness (QED) is 0.592. The van der Waals surface area contributed by atoms with Crippen LogP contribution in [-0.2, 0) is 6.54 Å². The maximum absolute atomic E-state index is 5.57. The fourth-order valence-electron chi connectivity index (χ4n) is 1.61. The van der Waals surface area contributed by atoms with Crippen LogP contribution >= 0.6 is 11.7 Å². The second-order valence-corrected chi connectivity index (χ2v) is 3.97. The van der Waals surface area contributed by atoms with E-state index in [0.29, 0.717) is 0 Å². The highest BCUT2D eigenvalue weighted by atomic mass is 32.1. The minimum absolute atomic E-state index is 0.146. The van der Waals surface area contributed by atoms with E-state index < -0.39 is 0 Å². The van der Waals surface area contributed by atoms with Crippen LogP contribution < -0.4 is 11.3 Å². The Morgan fingerprint density at radius 2 is 2.50 bits per heavy atom. The summed E-state index contributed by atoms with van der Waals surface area (Å²) in [6.07, 6.45) is 4.52. The van der Waals surface area contributed by atoms with Crippen molar-refractivity contribution in [3.05, 3.63) is 29.8 Å². The van der Waals surface area contributed by atoms with Gasteiger partial charge in [-0.3, -0.25) is 10.5 Å². The molecule has 0 aliphatic rings. The number of rotatable bonds is 5. The van der Waals surface area contributed by atoms with Crippen molar-refractivity contribution in [3.63, 3.8) is 0 Å². The Labute approximate surface area is 97.8 Å². The van der Waals surface area contributed by atoms with Crippen molar-refractivity contribution < 1.29 is 0 Å². The molecule has 0 aliphatic carbocycles. The van der Waals surface area contributed by atoms with Crippen LogP contribution in [0.4, 0.5) is 0 Å². The number of hydrogen-bond donors (Lipinski definition) is 2. The lowest BCUT2D eigenvalue weighted by Gasteiger charge is -2.14. The van der Waals surface area contributed by atoms with Crippen LogP contribution in [0, 0.1) is 0 Å². The average molecular weight is 238 g/mol. The van der Waals surface area contributed by atoms with E-state index in [4.69, 9.17) is 5.84 Å². The van der Waals surface area contributed by atoms with Gasteiger partial charge in [0, 0.05) is 12.7 Å². The van der Waals surface area contributed by atoms with Crippen molar-refractivity contribution in [3.8, 4) is 0 Å². The van der Waals surface area contributed by atoms with Crippen LogP contribution in [0.1, 0.15) is 30.8 Å². The Morgan fingerprint density at radius 1 is 1.62 bits per heavy atom. The van der Waals surface area contributed by atoms with Gasteiger partial charge in [0.15, 0.2) is 0 Å². The summed E-state index contributed by atoms with van der Waals surface area (Å²) in [4.78, 5) is 0. The Balaban J connectivity index is 2.30. The first-order chi connectivity index (χ1) is 7.86. The highest BCUT2D eigenvalue weighted by Gasteiger charge is 2.18. The molecule has 6 nitrogen and oxygen atoms in total. The third-order valence-corrected chi connectivity index (χ3v) is 2.81. The van der Waals surface area contributed by atoms with E-state index in [0.717, 1.165) is 24.4 Å². The second kappa shape index (κ2) is 5.15. The summed E-state index contributed by atoms with van der Waals surface area (Å²) in [5.41, 5.74) is 4.58. The normalized spacial score (nSPS) is 12.9. The predicted molar refractivity (Wildman–Crippen MR) is 61.6 cm³/mol. The molecular weight excluding hydrogens is 224 g/mol. The van der Waals surface area contributed by atoms with Crippen LogP contribution in [0.5, 0.6) is 0 Å². The molecule has 0 aromatic carbocycles. The molecule has 0 saturated heterocycles. The lowest BCUT2D eigenvalue weighted by atomic mass is 10.1. The van der Waals surface area contributed by atoms with Gasteiger partial charge < -0.3 is 0 Å². The topological polar surface area (TPSA) is 81.7 Å². The van der Waals surface area contributed by atoms with Crippen LogP contribution in [0.2, 0.25) is 0 Å². The molecule has 2 aromatic heterocycles. The zero-order valence-corrected chi connectivity index (χ0v) is 9.81. The van der Waals surface area contributed by atoms with Gasteiger partial charge in [-0.2, -0.15) is 13.8 Å². The molecule has 1 unspecified atom stereocenters. The molecule has 7 heteroatoms. The number of nitrogens with zero attached hydrogens (tertiary/aromatic N) is 4. The van der Waals surface area contributed by atoms with Gasteiger partial charge in [-0.05, 0) is 12.5 Å². The van der Waals surface area contributed by atoms with Gasteiger partial charge in [-0.15, -0.1) is 0 Å². The fourth-order valence-corrected chi connectivity index (χ4v) is 2.06. The largest absolute Gasteiger partial charge is 0.270 e. The molecule has 0 spiro atoms. The van der Waals surface area contributed by atoms with Crippen molar-refractivity contribution in [2.75, 3.05) is 0 Å². The average Bonchev–Trinajstić information content (AvgIpc) is 2.92. The molecule has 0 saturated carbocycles. The van der Waals surface area contributed by atoms with Gasteiger partial charge in [0.1, 0.15) is 6.04 Å². The van der Waals surface area contributed by atoms with Crippen molar-refractivity contribution in [2.45, 2.75) is 25.9 Å². The Bertz CT molecular complexity index is 423. The molecule has 0 bridgehead atoms. The molecule has 0 aliphatic heterocycles. The Kier molecular flexibility index (Phi) is 3.60. The molecule has 1 atom stereocenters. The van der Waals surface area contributed by atoms with Gasteiger partial charge >= 0.3 is 0 Å². The van der Waals surface area contributed by atoms with E-state index in [1.54, 1.807) is 12.4 Å². The van der Waals surface area contributed by atoms with Crippen molar-refractivity contribution in [2.24, 2.45) is 5.84 Å². The number of hydrogen-bond acceptors (Lipinski definition) is 6. The maximum Gasteiger partial charge on any atom is 0.108 e. The molecule has 0 radical (unpaired) electrons. The summed E-state index contributed by atoms with van der Waals surface area (Å²) in [5.74, 6) is 5.57. The molecule has 16 heavy (non-hydrogen) atoms. The van der Waals surface area contributed by atoms with Gasteiger partial charge in [0.25, 0.3) is 0 Å². The summed E-state index contributed by atoms with van der Waals surface area (Å²) < 4.78 is 10.1. The van der Waals surface area contributed by atoms with E-state index in [1.807, 2.05) is 10.7 Å². The van der Waals surface area contributed by atoms with E-state index in [-0.39, 0.29) is 6.04 Å². The summed E-state index contributed by atoms with van der Waals surface area (Å²) in [5, 5.41) is 4.26. The molecular formula is C9H14N6S. The summed E-state index contributed by atoms with van der Waals surface area (Å²) in [7, 11) is 0. The van der Waals surface area contributed by atoms with Crippen molar-refractivity contribution in [1.82, 2.24) is 24.0 Å². The Morgan fingerprint density at radius 3 is 3.12 bits per heavy atom. The number of aromatic nitrogens is 4. The first-order valence-corrected chi connectivity index (χ1v) is 5.85. The molecule has 3 N–H and O–H groups in total. The summed E-state index contributed by atoms with van der Waals surface area (Å²) >= 11 is 1.17. The van der Waals surface area contributed by atoms with E-state index in [1.165, 1.54) is 11.7 Å².